The highest BCUT2D eigenvalue weighted by molar-refractivity contribution is 6.30. The first-order valence-corrected chi connectivity index (χ1v) is 7.65. The predicted octanol–water partition coefficient (Wildman–Crippen LogP) is 3.26. The van der Waals surface area contributed by atoms with E-state index in [-0.39, 0.29) is 24.6 Å². The van der Waals surface area contributed by atoms with Gasteiger partial charge in [-0.3, -0.25) is 4.79 Å². The van der Waals surface area contributed by atoms with Crippen molar-refractivity contribution < 1.29 is 9.53 Å². The van der Waals surface area contributed by atoms with Crippen molar-refractivity contribution in [2.24, 2.45) is 0 Å². The molecule has 0 aliphatic rings. The van der Waals surface area contributed by atoms with Crippen LogP contribution < -0.4 is 10.1 Å². The van der Waals surface area contributed by atoms with E-state index in [1.807, 2.05) is 39.8 Å². The van der Waals surface area contributed by atoms with E-state index in [0.717, 1.165) is 12.1 Å². The molecule has 1 rings (SSSR count). The van der Waals surface area contributed by atoms with Crippen molar-refractivity contribution in [1.29, 1.82) is 0 Å². The minimum absolute atomic E-state index is 0.0299. The SMILES string of the molecule is CCNC(C)c1cc(Cl)ccc1OCC(=O)N(C)C(C)C. The Kier molecular flexibility index (Phi) is 6.99. The molecule has 0 aliphatic heterocycles. The number of nitrogens with zero attached hydrogens (tertiary/aromatic N) is 1. The fourth-order valence-electron chi connectivity index (χ4n) is 1.93. The molecule has 0 heterocycles. The monoisotopic (exact) mass is 312 g/mol. The van der Waals surface area contributed by atoms with Crippen LogP contribution >= 0.6 is 11.6 Å². The van der Waals surface area contributed by atoms with Crippen molar-refractivity contribution >= 4 is 17.5 Å². The maximum absolute atomic E-state index is 12.0. The quantitative estimate of drug-likeness (QED) is 0.840. The first-order chi connectivity index (χ1) is 9.86. The second kappa shape index (κ2) is 8.25. The summed E-state index contributed by atoms with van der Waals surface area (Å²) in [4.78, 5) is 13.7. The number of benzene rings is 1. The van der Waals surface area contributed by atoms with Gasteiger partial charge in [-0.2, -0.15) is 0 Å². The van der Waals surface area contributed by atoms with E-state index in [1.54, 1.807) is 18.0 Å². The van der Waals surface area contributed by atoms with Crippen LogP contribution in [0.25, 0.3) is 0 Å². The zero-order valence-electron chi connectivity index (χ0n) is 13.4. The van der Waals surface area contributed by atoms with Gasteiger partial charge in [0.25, 0.3) is 5.91 Å². The molecule has 0 aliphatic carbocycles. The fraction of sp³-hybridized carbons (Fsp3) is 0.562. The van der Waals surface area contributed by atoms with Crippen LogP contribution in [0.5, 0.6) is 5.75 Å². The molecular weight excluding hydrogens is 288 g/mol. The van der Waals surface area contributed by atoms with E-state index >= 15 is 0 Å². The average molecular weight is 313 g/mol. The molecule has 0 spiro atoms. The molecule has 5 heteroatoms. The molecule has 1 amide bonds. The van der Waals surface area contributed by atoms with Crippen LogP contribution in [0.3, 0.4) is 0 Å². The first kappa shape index (κ1) is 17.8. The Hall–Kier alpha value is -1.26. The van der Waals surface area contributed by atoms with Gasteiger partial charge in [0.1, 0.15) is 5.75 Å². The second-order valence-corrected chi connectivity index (χ2v) is 5.79. The number of nitrogens with one attached hydrogen (secondary N) is 1. The van der Waals surface area contributed by atoms with Gasteiger partial charge in [-0.05, 0) is 45.5 Å². The number of likely N-dealkylation sites (N-methyl/N-ethyl adjacent to an activating group) is 1. The standard InChI is InChI=1S/C16H25ClN2O2/c1-6-18-12(4)14-9-13(17)7-8-15(14)21-10-16(20)19(5)11(2)3/h7-9,11-12,18H,6,10H2,1-5H3. The Morgan fingerprint density at radius 1 is 1.38 bits per heavy atom. The smallest absolute Gasteiger partial charge is 0.260 e. The normalized spacial score (nSPS) is 12.3. The van der Waals surface area contributed by atoms with Crippen LogP contribution in [-0.2, 0) is 4.79 Å². The van der Waals surface area contributed by atoms with Gasteiger partial charge >= 0.3 is 0 Å². The molecule has 21 heavy (non-hydrogen) atoms. The number of halogens is 1. The van der Waals surface area contributed by atoms with Gasteiger partial charge in [0.15, 0.2) is 6.61 Å². The Morgan fingerprint density at radius 3 is 2.62 bits per heavy atom. The molecule has 0 saturated heterocycles. The number of hydrogen-bond acceptors (Lipinski definition) is 3. The average Bonchev–Trinajstić information content (AvgIpc) is 2.44. The number of carbonyl (C=O) groups excluding carboxylic acids is 1. The van der Waals surface area contributed by atoms with Gasteiger partial charge in [-0.15, -0.1) is 0 Å². The van der Waals surface area contributed by atoms with Crippen molar-refractivity contribution in [3.05, 3.63) is 28.8 Å². The Balaban J connectivity index is 2.81. The molecule has 1 N–H and O–H groups in total. The van der Waals surface area contributed by atoms with Gasteiger partial charge in [0.05, 0.1) is 0 Å². The molecule has 4 nitrogen and oxygen atoms in total. The third-order valence-electron chi connectivity index (χ3n) is 3.47. The molecule has 1 unspecified atom stereocenters. The largest absolute Gasteiger partial charge is 0.483 e. The summed E-state index contributed by atoms with van der Waals surface area (Å²) < 4.78 is 5.70. The highest BCUT2D eigenvalue weighted by Crippen LogP contribution is 2.28. The van der Waals surface area contributed by atoms with E-state index in [4.69, 9.17) is 16.3 Å². The van der Waals surface area contributed by atoms with E-state index in [9.17, 15) is 4.79 Å². The number of rotatable bonds is 7. The van der Waals surface area contributed by atoms with Gasteiger partial charge in [-0.1, -0.05) is 18.5 Å². The Bertz CT molecular complexity index is 477. The summed E-state index contributed by atoms with van der Waals surface area (Å²) in [5.41, 5.74) is 0.962. The maximum atomic E-state index is 12.0. The van der Waals surface area contributed by atoms with E-state index in [2.05, 4.69) is 5.32 Å². The summed E-state index contributed by atoms with van der Waals surface area (Å²) in [6, 6.07) is 5.73. The molecule has 0 aromatic heterocycles. The van der Waals surface area contributed by atoms with Crippen molar-refractivity contribution in [2.45, 2.75) is 39.8 Å². The molecule has 0 radical (unpaired) electrons. The van der Waals surface area contributed by atoms with Gasteiger partial charge < -0.3 is 15.0 Å². The van der Waals surface area contributed by atoms with E-state index in [0.29, 0.717) is 10.8 Å². The van der Waals surface area contributed by atoms with Crippen molar-refractivity contribution in [3.8, 4) is 5.75 Å². The first-order valence-electron chi connectivity index (χ1n) is 7.28. The topological polar surface area (TPSA) is 41.6 Å². The van der Waals surface area contributed by atoms with Crippen molar-refractivity contribution in [1.82, 2.24) is 10.2 Å². The van der Waals surface area contributed by atoms with Crippen molar-refractivity contribution in [3.63, 3.8) is 0 Å². The van der Waals surface area contributed by atoms with Gasteiger partial charge in [-0.25, -0.2) is 0 Å². The van der Waals surface area contributed by atoms with E-state index < -0.39 is 0 Å². The van der Waals surface area contributed by atoms with E-state index in [1.165, 1.54) is 0 Å². The summed E-state index contributed by atoms with van der Waals surface area (Å²) >= 11 is 6.06. The van der Waals surface area contributed by atoms with Crippen LogP contribution in [0, 0.1) is 0 Å². The van der Waals surface area contributed by atoms with Crippen LogP contribution in [0.4, 0.5) is 0 Å². The lowest BCUT2D eigenvalue weighted by molar-refractivity contribution is -0.133. The number of carbonyl (C=O) groups is 1. The summed E-state index contributed by atoms with van der Waals surface area (Å²) in [5.74, 6) is 0.653. The molecule has 1 atom stereocenters. The van der Waals surface area contributed by atoms with Crippen LogP contribution in [0.2, 0.25) is 5.02 Å². The van der Waals surface area contributed by atoms with Crippen LogP contribution in [0.15, 0.2) is 18.2 Å². The van der Waals surface area contributed by atoms with Crippen molar-refractivity contribution in [2.75, 3.05) is 20.2 Å². The Morgan fingerprint density at radius 2 is 2.05 bits per heavy atom. The summed E-state index contributed by atoms with van der Waals surface area (Å²) in [6.07, 6.45) is 0. The molecule has 0 bridgehead atoms. The minimum Gasteiger partial charge on any atom is -0.483 e. The highest BCUT2D eigenvalue weighted by atomic mass is 35.5. The third-order valence-corrected chi connectivity index (χ3v) is 3.70. The molecule has 1 aromatic rings. The third kappa shape index (κ3) is 5.21. The summed E-state index contributed by atoms with van der Waals surface area (Å²) in [5, 5.41) is 3.98. The van der Waals surface area contributed by atoms with Crippen LogP contribution in [0.1, 0.15) is 39.3 Å². The minimum atomic E-state index is -0.0398. The van der Waals surface area contributed by atoms with Crippen LogP contribution in [-0.4, -0.2) is 37.0 Å². The zero-order valence-corrected chi connectivity index (χ0v) is 14.2. The lowest BCUT2D eigenvalue weighted by Crippen LogP contribution is -2.36. The van der Waals surface area contributed by atoms with Gasteiger partial charge in [0.2, 0.25) is 0 Å². The molecule has 118 valence electrons. The highest BCUT2D eigenvalue weighted by Gasteiger charge is 2.16. The second-order valence-electron chi connectivity index (χ2n) is 5.35. The molecule has 0 fully saturated rings. The molecule has 0 saturated carbocycles. The molecular formula is C16H25ClN2O2. The van der Waals surface area contributed by atoms with Gasteiger partial charge in [0, 0.05) is 29.7 Å². The molecule has 1 aromatic carbocycles. The number of hydrogen-bond donors (Lipinski definition) is 1. The predicted molar refractivity (Wildman–Crippen MR) is 86.9 cm³/mol. The Labute approximate surface area is 132 Å². The summed E-state index contributed by atoms with van der Waals surface area (Å²) in [7, 11) is 1.78. The number of amides is 1. The summed E-state index contributed by atoms with van der Waals surface area (Å²) in [6.45, 7) is 8.91. The number of ether oxygens (including phenoxy) is 1. The lowest BCUT2D eigenvalue weighted by atomic mass is 10.1. The zero-order chi connectivity index (χ0) is 16.0. The maximum Gasteiger partial charge on any atom is 0.260 e. The lowest BCUT2D eigenvalue weighted by Gasteiger charge is -2.22. The fourth-order valence-corrected chi connectivity index (χ4v) is 2.12.